The lowest BCUT2D eigenvalue weighted by atomic mass is 9.85. The Labute approximate surface area is 212 Å². The lowest BCUT2D eigenvalue weighted by Crippen LogP contribution is -2.22. The highest BCUT2D eigenvalue weighted by Gasteiger charge is 2.30. The van der Waals surface area contributed by atoms with E-state index in [9.17, 15) is 9.90 Å². The van der Waals surface area contributed by atoms with Crippen molar-refractivity contribution in [2.75, 3.05) is 14.2 Å². The van der Waals surface area contributed by atoms with Gasteiger partial charge in [0, 0.05) is 36.5 Å². The maximum absolute atomic E-state index is 11.7. The molecule has 0 aliphatic heterocycles. The molecule has 190 valence electrons. The number of rotatable bonds is 11. The Hall–Kier alpha value is -3.51. The number of nitrogens with zero attached hydrogens (tertiary/aromatic N) is 1. The zero-order valence-electron chi connectivity index (χ0n) is 21.2. The molecule has 6 heteroatoms. The van der Waals surface area contributed by atoms with Gasteiger partial charge in [-0.25, -0.2) is 4.79 Å². The van der Waals surface area contributed by atoms with Crippen molar-refractivity contribution in [2.45, 2.75) is 45.3 Å². The number of carbonyl (C=O) groups is 1. The normalized spacial score (nSPS) is 15.1. The van der Waals surface area contributed by atoms with Gasteiger partial charge in [0.25, 0.3) is 0 Å². The standard InChI is InChI=1S/C30H35NO5/c1-4-26-27(35-2)16-24(17-28(26)36-3)30(34)25(15-21-13-22-7-5-6-8-23(22)14-21)19-31-12-11-20(18-31)9-10-29(32)33/h5-12,16-18,21,25,30,34H,4,13-15,19H2,1-3H3,(H,32,33)/t25-,30+/m0/s1. The van der Waals surface area contributed by atoms with Gasteiger partial charge in [-0.2, -0.15) is 0 Å². The molecule has 36 heavy (non-hydrogen) atoms. The molecule has 0 saturated heterocycles. The molecular weight excluding hydrogens is 454 g/mol. The largest absolute Gasteiger partial charge is 0.496 e. The van der Waals surface area contributed by atoms with E-state index in [1.165, 1.54) is 11.1 Å². The van der Waals surface area contributed by atoms with Crippen molar-refractivity contribution in [3.05, 3.63) is 88.8 Å². The summed E-state index contributed by atoms with van der Waals surface area (Å²) in [7, 11) is 3.28. The van der Waals surface area contributed by atoms with Crippen LogP contribution in [0.2, 0.25) is 0 Å². The Bertz CT molecular complexity index is 1180. The van der Waals surface area contributed by atoms with Gasteiger partial charge in [0.15, 0.2) is 0 Å². The first-order chi connectivity index (χ1) is 17.4. The molecule has 0 spiro atoms. The first-order valence-electron chi connectivity index (χ1n) is 12.5. The van der Waals surface area contributed by atoms with Crippen LogP contribution in [0.1, 0.15) is 47.3 Å². The molecule has 3 aromatic rings. The van der Waals surface area contributed by atoms with Crippen LogP contribution < -0.4 is 9.47 Å². The summed E-state index contributed by atoms with van der Waals surface area (Å²) in [5, 5.41) is 20.6. The predicted molar refractivity (Wildman–Crippen MR) is 140 cm³/mol. The third-order valence-corrected chi connectivity index (χ3v) is 7.18. The summed E-state index contributed by atoms with van der Waals surface area (Å²) in [6.45, 7) is 2.66. The number of hydrogen-bond donors (Lipinski definition) is 2. The first kappa shape index (κ1) is 25.6. The van der Waals surface area contributed by atoms with Crippen LogP contribution in [0, 0.1) is 11.8 Å². The van der Waals surface area contributed by atoms with Crippen LogP contribution in [-0.2, 0) is 30.6 Å². The summed E-state index contributed by atoms with van der Waals surface area (Å²) in [5.74, 6) is 0.854. The Morgan fingerprint density at radius 3 is 2.31 bits per heavy atom. The lowest BCUT2D eigenvalue weighted by Gasteiger charge is -2.27. The van der Waals surface area contributed by atoms with Gasteiger partial charge < -0.3 is 24.3 Å². The molecule has 4 rings (SSSR count). The van der Waals surface area contributed by atoms with Gasteiger partial charge in [-0.05, 0) is 78.1 Å². The molecule has 0 radical (unpaired) electrons. The average molecular weight is 490 g/mol. The lowest BCUT2D eigenvalue weighted by molar-refractivity contribution is -0.131. The van der Waals surface area contributed by atoms with Crippen molar-refractivity contribution in [2.24, 2.45) is 11.8 Å². The molecule has 2 atom stereocenters. The fourth-order valence-electron chi connectivity index (χ4n) is 5.45. The summed E-state index contributed by atoms with van der Waals surface area (Å²) in [6, 6.07) is 14.3. The molecular formula is C30H35NO5. The van der Waals surface area contributed by atoms with Crippen LogP contribution in [0.15, 0.2) is 60.9 Å². The number of aliphatic hydroxyl groups is 1. The van der Waals surface area contributed by atoms with E-state index in [1.54, 1.807) is 20.3 Å². The van der Waals surface area contributed by atoms with E-state index in [0.29, 0.717) is 12.5 Å². The van der Waals surface area contributed by atoms with Gasteiger partial charge >= 0.3 is 5.97 Å². The Morgan fingerprint density at radius 1 is 1.11 bits per heavy atom. The molecule has 2 aromatic carbocycles. The predicted octanol–water partition coefficient (Wildman–Crippen LogP) is 5.32. The maximum Gasteiger partial charge on any atom is 0.328 e. The second kappa shape index (κ2) is 11.5. The molecule has 1 aliphatic rings. The van der Waals surface area contributed by atoms with E-state index in [0.717, 1.165) is 59.9 Å². The van der Waals surface area contributed by atoms with E-state index >= 15 is 0 Å². The first-order valence-corrected chi connectivity index (χ1v) is 12.5. The van der Waals surface area contributed by atoms with Gasteiger partial charge in [-0.1, -0.05) is 31.2 Å². The average Bonchev–Trinajstić information content (AvgIpc) is 3.51. The van der Waals surface area contributed by atoms with Crippen LogP contribution in [0.5, 0.6) is 11.5 Å². The van der Waals surface area contributed by atoms with Crippen LogP contribution in [0.4, 0.5) is 0 Å². The summed E-state index contributed by atoms with van der Waals surface area (Å²) in [6.07, 6.45) is 9.50. The Balaban J connectivity index is 1.62. The second-order valence-corrected chi connectivity index (χ2v) is 9.55. The topological polar surface area (TPSA) is 80.9 Å². The number of fused-ring (bicyclic) bond motifs is 1. The van der Waals surface area contributed by atoms with E-state index < -0.39 is 12.1 Å². The maximum atomic E-state index is 11.7. The fraction of sp³-hybridized carbons (Fsp3) is 0.367. The molecule has 0 bridgehead atoms. The van der Waals surface area contributed by atoms with E-state index in [1.807, 2.05) is 35.2 Å². The van der Waals surface area contributed by atoms with Crippen LogP contribution in [-0.4, -0.2) is 35.0 Å². The molecule has 0 fully saturated rings. The third-order valence-electron chi connectivity index (χ3n) is 7.18. The molecule has 1 aliphatic carbocycles. The Morgan fingerprint density at radius 2 is 1.75 bits per heavy atom. The fourth-order valence-corrected chi connectivity index (χ4v) is 5.45. The van der Waals surface area contributed by atoms with Crippen LogP contribution in [0.25, 0.3) is 6.08 Å². The molecule has 6 nitrogen and oxygen atoms in total. The number of ether oxygens (including phenoxy) is 2. The van der Waals surface area contributed by atoms with E-state index in [-0.39, 0.29) is 5.92 Å². The zero-order valence-corrected chi connectivity index (χ0v) is 21.2. The van der Waals surface area contributed by atoms with Crippen molar-refractivity contribution in [1.82, 2.24) is 4.57 Å². The molecule has 1 heterocycles. The van der Waals surface area contributed by atoms with Gasteiger partial charge in [-0.15, -0.1) is 0 Å². The van der Waals surface area contributed by atoms with Crippen molar-refractivity contribution in [3.8, 4) is 11.5 Å². The van der Waals surface area contributed by atoms with Gasteiger partial charge in [0.05, 0.1) is 20.3 Å². The number of aliphatic hydroxyl groups excluding tert-OH is 1. The number of aliphatic carboxylic acids is 1. The van der Waals surface area contributed by atoms with Crippen molar-refractivity contribution in [3.63, 3.8) is 0 Å². The molecule has 0 saturated carbocycles. The van der Waals surface area contributed by atoms with Crippen molar-refractivity contribution >= 4 is 12.0 Å². The highest BCUT2D eigenvalue weighted by atomic mass is 16.5. The SMILES string of the molecule is CCc1c(OC)cc([C@@H](O)[C@@H](CC2Cc3ccccc3C2)Cn2ccc(C=CC(=O)O)c2)cc1OC. The van der Waals surface area contributed by atoms with Gasteiger partial charge in [0.1, 0.15) is 11.5 Å². The molecule has 0 unspecified atom stereocenters. The highest BCUT2D eigenvalue weighted by Crippen LogP contribution is 2.39. The van der Waals surface area contributed by atoms with Gasteiger partial charge in [0.2, 0.25) is 0 Å². The molecule has 2 N–H and O–H groups in total. The smallest absolute Gasteiger partial charge is 0.328 e. The molecule has 1 aromatic heterocycles. The molecule has 0 amide bonds. The van der Waals surface area contributed by atoms with Crippen molar-refractivity contribution in [1.29, 1.82) is 0 Å². The minimum atomic E-state index is -0.977. The highest BCUT2D eigenvalue weighted by molar-refractivity contribution is 5.85. The summed E-state index contributed by atoms with van der Waals surface area (Å²) < 4.78 is 13.3. The summed E-state index contributed by atoms with van der Waals surface area (Å²) in [4.78, 5) is 10.9. The second-order valence-electron chi connectivity index (χ2n) is 9.55. The summed E-state index contributed by atoms with van der Waals surface area (Å²) in [5.41, 5.74) is 5.37. The van der Waals surface area contributed by atoms with E-state index in [4.69, 9.17) is 14.6 Å². The zero-order chi connectivity index (χ0) is 25.7. The number of benzene rings is 2. The number of carboxylic acids is 1. The monoisotopic (exact) mass is 489 g/mol. The summed E-state index contributed by atoms with van der Waals surface area (Å²) >= 11 is 0. The van der Waals surface area contributed by atoms with Gasteiger partial charge in [-0.3, -0.25) is 0 Å². The number of methoxy groups -OCH3 is 2. The minimum Gasteiger partial charge on any atom is -0.496 e. The van der Waals surface area contributed by atoms with E-state index in [2.05, 4.69) is 31.2 Å². The minimum absolute atomic E-state index is 0.0603. The third kappa shape index (κ3) is 5.82. The number of aromatic nitrogens is 1. The number of hydrogen-bond acceptors (Lipinski definition) is 4. The van der Waals surface area contributed by atoms with Crippen LogP contribution in [0.3, 0.4) is 0 Å². The van der Waals surface area contributed by atoms with Crippen molar-refractivity contribution < 1.29 is 24.5 Å². The van der Waals surface area contributed by atoms with Crippen LogP contribution >= 0.6 is 0 Å². The number of carboxylic acid groups (broad SMARTS) is 1. The Kier molecular flexibility index (Phi) is 8.16. The quantitative estimate of drug-likeness (QED) is 0.356.